The van der Waals surface area contributed by atoms with Crippen molar-refractivity contribution in [2.75, 3.05) is 40.4 Å². The first kappa shape index (κ1) is 25.2. The van der Waals surface area contributed by atoms with Crippen LogP contribution in [0.25, 0.3) is 22.2 Å². The van der Waals surface area contributed by atoms with Gasteiger partial charge in [0.2, 0.25) is 0 Å². The van der Waals surface area contributed by atoms with Crippen molar-refractivity contribution in [3.8, 4) is 22.8 Å². The van der Waals surface area contributed by atoms with Crippen LogP contribution in [0.4, 0.5) is 0 Å². The SMILES string of the molecule is COc1ccc(-c2[nH]c3cc(C)c(C4CCN(C5CCN(C(C)C)CC5)CC4)cc3c2C)cc1OC. The summed E-state index contributed by atoms with van der Waals surface area (Å²) in [5.74, 6) is 2.16. The Morgan fingerprint density at radius 3 is 2.19 bits per heavy atom. The van der Waals surface area contributed by atoms with E-state index < -0.39 is 0 Å². The van der Waals surface area contributed by atoms with Crippen LogP contribution >= 0.6 is 0 Å². The van der Waals surface area contributed by atoms with Crippen molar-refractivity contribution in [3.05, 3.63) is 47.0 Å². The molecule has 0 amide bonds. The molecule has 5 rings (SSSR count). The summed E-state index contributed by atoms with van der Waals surface area (Å²) in [5.41, 5.74) is 7.74. The molecule has 0 atom stereocenters. The highest BCUT2D eigenvalue weighted by Crippen LogP contribution is 2.39. The van der Waals surface area contributed by atoms with E-state index in [1.54, 1.807) is 14.2 Å². The highest BCUT2D eigenvalue weighted by Gasteiger charge is 2.30. The molecule has 2 aromatic carbocycles. The molecule has 5 nitrogen and oxygen atoms in total. The van der Waals surface area contributed by atoms with E-state index in [1.807, 2.05) is 6.07 Å². The van der Waals surface area contributed by atoms with Crippen LogP contribution in [-0.2, 0) is 0 Å². The van der Waals surface area contributed by atoms with Gasteiger partial charge in [0.15, 0.2) is 11.5 Å². The third kappa shape index (κ3) is 4.76. The zero-order chi connectivity index (χ0) is 25.4. The highest BCUT2D eigenvalue weighted by molar-refractivity contribution is 5.92. The molecule has 2 aliphatic heterocycles. The van der Waals surface area contributed by atoms with Gasteiger partial charge in [-0.25, -0.2) is 0 Å². The molecule has 2 saturated heterocycles. The lowest BCUT2D eigenvalue weighted by atomic mass is 9.85. The van der Waals surface area contributed by atoms with Crippen molar-refractivity contribution in [3.63, 3.8) is 0 Å². The quantitative estimate of drug-likeness (QED) is 0.428. The maximum absolute atomic E-state index is 5.55. The Hall–Kier alpha value is -2.50. The van der Waals surface area contributed by atoms with Gasteiger partial charge in [-0.1, -0.05) is 0 Å². The summed E-state index contributed by atoms with van der Waals surface area (Å²) in [6.07, 6.45) is 5.19. The summed E-state index contributed by atoms with van der Waals surface area (Å²) in [7, 11) is 3.37. The van der Waals surface area contributed by atoms with Gasteiger partial charge in [0, 0.05) is 34.2 Å². The molecule has 36 heavy (non-hydrogen) atoms. The number of H-pyrrole nitrogens is 1. The maximum Gasteiger partial charge on any atom is 0.161 e. The van der Waals surface area contributed by atoms with Crippen LogP contribution in [0.1, 0.15) is 62.1 Å². The van der Waals surface area contributed by atoms with Gasteiger partial charge in [-0.05, 0) is 132 Å². The number of ether oxygens (including phenoxy) is 2. The van der Waals surface area contributed by atoms with Crippen molar-refractivity contribution >= 4 is 10.9 Å². The normalized spacial score (nSPS) is 18.9. The van der Waals surface area contributed by atoms with E-state index in [0.717, 1.165) is 28.8 Å². The molecule has 3 aromatic rings. The number of piperidine rings is 2. The number of rotatable bonds is 6. The predicted octanol–water partition coefficient (Wildman–Crippen LogP) is 6.52. The van der Waals surface area contributed by atoms with E-state index in [0.29, 0.717) is 12.0 Å². The van der Waals surface area contributed by atoms with E-state index in [9.17, 15) is 0 Å². The van der Waals surface area contributed by atoms with E-state index in [4.69, 9.17) is 9.47 Å². The fourth-order valence-corrected chi connectivity index (χ4v) is 6.56. The molecule has 3 heterocycles. The van der Waals surface area contributed by atoms with Crippen molar-refractivity contribution in [2.45, 2.75) is 71.4 Å². The number of methoxy groups -OCH3 is 2. The van der Waals surface area contributed by atoms with Gasteiger partial charge < -0.3 is 24.3 Å². The van der Waals surface area contributed by atoms with E-state index in [-0.39, 0.29) is 0 Å². The lowest BCUT2D eigenvalue weighted by molar-refractivity contribution is 0.0753. The van der Waals surface area contributed by atoms with Crippen molar-refractivity contribution in [1.82, 2.24) is 14.8 Å². The monoisotopic (exact) mass is 489 g/mol. The third-order valence-electron chi connectivity index (χ3n) is 8.83. The summed E-state index contributed by atoms with van der Waals surface area (Å²) in [6, 6.07) is 12.4. The minimum atomic E-state index is 0.653. The Morgan fingerprint density at radius 2 is 1.56 bits per heavy atom. The first-order chi connectivity index (χ1) is 17.4. The molecule has 0 radical (unpaired) electrons. The number of hydrogen-bond donors (Lipinski definition) is 1. The minimum absolute atomic E-state index is 0.653. The number of aromatic nitrogens is 1. The molecule has 1 N–H and O–H groups in total. The molecule has 0 unspecified atom stereocenters. The summed E-state index contributed by atoms with van der Waals surface area (Å²) in [4.78, 5) is 9.12. The standard InChI is InChI=1S/C31H43N3O2/c1-20(2)33-15-11-25(12-16-33)34-13-9-23(10-14-34)26-19-27-22(4)31(32-28(27)17-21(26)3)24-7-8-29(35-5)30(18-24)36-6/h7-8,17-20,23,25,32H,9-16H2,1-6H3. The maximum atomic E-state index is 5.55. The van der Waals surface area contributed by atoms with Crippen LogP contribution in [0.5, 0.6) is 11.5 Å². The van der Waals surface area contributed by atoms with Crippen LogP contribution in [0.15, 0.2) is 30.3 Å². The van der Waals surface area contributed by atoms with Crippen LogP contribution in [0.2, 0.25) is 0 Å². The molecule has 2 fully saturated rings. The fourth-order valence-electron chi connectivity index (χ4n) is 6.56. The summed E-state index contributed by atoms with van der Waals surface area (Å²) >= 11 is 0. The minimum Gasteiger partial charge on any atom is -0.493 e. The first-order valence-electron chi connectivity index (χ1n) is 13.7. The van der Waals surface area contributed by atoms with Crippen LogP contribution in [0, 0.1) is 13.8 Å². The van der Waals surface area contributed by atoms with Crippen LogP contribution in [0.3, 0.4) is 0 Å². The average molecular weight is 490 g/mol. The highest BCUT2D eigenvalue weighted by atomic mass is 16.5. The summed E-state index contributed by atoms with van der Waals surface area (Å²) in [6.45, 7) is 14.2. The number of fused-ring (bicyclic) bond motifs is 1. The van der Waals surface area contributed by atoms with Gasteiger partial charge in [-0.2, -0.15) is 0 Å². The summed E-state index contributed by atoms with van der Waals surface area (Å²) in [5, 5.41) is 1.34. The van der Waals surface area contributed by atoms with E-state index in [1.165, 1.54) is 79.5 Å². The number of benzene rings is 2. The van der Waals surface area contributed by atoms with Gasteiger partial charge in [0.25, 0.3) is 0 Å². The molecule has 1 aromatic heterocycles. The number of nitrogens with zero attached hydrogens (tertiary/aromatic N) is 2. The Labute approximate surface area is 216 Å². The second-order valence-corrected chi connectivity index (χ2v) is 11.1. The zero-order valence-electron chi connectivity index (χ0n) is 23.0. The third-order valence-corrected chi connectivity index (χ3v) is 8.83. The summed E-state index contributed by atoms with van der Waals surface area (Å²) < 4.78 is 11.0. The largest absolute Gasteiger partial charge is 0.493 e. The van der Waals surface area contributed by atoms with Crippen molar-refractivity contribution in [2.24, 2.45) is 0 Å². The lowest BCUT2D eigenvalue weighted by Crippen LogP contribution is -2.48. The predicted molar refractivity (Wildman–Crippen MR) is 150 cm³/mol. The number of aryl methyl sites for hydroxylation is 2. The number of aromatic amines is 1. The second-order valence-electron chi connectivity index (χ2n) is 11.1. The molecule has 0 saturated carbocycles. The molecule has 194 valence electrons. The van der Waals surface area contributed by atoms with Gasteiger partial charge in [0.1, 0.15) is 0 Å². The Bertz CT molecular complexity index is 1200. The molecule has 0 bridgehead atoms. The molecular weight excluding hydrogens is 446 g/mol. The van der Waals surface area contributed by atoms with Crippen LogP contribution < -0.4 is 9.47 Å². The Balaban J connectivity index is 1.33. The van der Waals surface area contributed by atoms with Gasteiger partial charge in [-0.15, -0.1) is 0 Å². The molecule has 0 spiro atoms. The van der Waals surface area contributed by atoms with Gasteiger partial charge >= 0.3 is 0 Å². The van der Waals surface area contributed by atoms with E-state index >= 15 is 0 Å². The molecule has 2 aliphatic rings. The Morgan fingerprint density at radius 1 is 0.861 bits per heavy atom. The number of hydrogen-bond acceptors (Lipinski definition) is 4. The zero-order valence-corrected chi connectivity index (χ0v) is 23.0. The first-order valence-corrected chi connectivity index (χ1v) is 13.7. The fraction of sp³-hybridized carbons (Fsp3) is 0.548. The molecule has 0 aliphatic carbocycles. The van der Waals surface area contributed by atoms with Gasteiger partial charge in [0.05, 0.1) is 14.2 Å². The number of likely N-dealkylation sites (tertiary alicyclic amines) is 2. The van der Waals surface area contributed by atoms with Gasteiger partial charge in [-0.3, -0.25) is 0 Å². The second kappa shape index (κ2) is 10.5. The van der Waals surface area contributed by atoms with E-state index in [2.05, 4.69) is 66.7 Å². The Kier molecular flexibility index (Phi) is 7.32. The average Bonchev–Trinajstić information content (AvgIpc) is 3.22. The molecular formula is C31H43N3O2. The molecule has 5 heteroatoms. The van der Waals surface area contributed by atoms with Crippen LogP contribution in [-0.4, -0.2) is 67.3 Å². The lowest BCUT2D eigenvalue weighted by Gasteiger charge is -2.43. The van der Waals surface area contributed by atoms with Crippen molar-refractivity contribution in [1.29, 1.82) is 0 Å². The van der Waals surface area contributed by atoms with Crippen molar-refractivity contribution < 1.29 is 9.47 Å². The smallest absolute Gasteiger partial charge is 0.161 e. The number of nitrogens with one attached hydrogen (secondary N) is 1. The topological polar surface area (TPSA) is 40.7 Å².